The predicted molar refractivity (Wildman–Crippen MR) is 176 cm³/mol. The number of hydrogen-bond acceptors (Lipinski definition) is 12. The van der Waals surface area contributed by atoms with Gasteiger partial charge >= 0.3 is 0 Å². The van der Waals surface area contributed by atoms with E-state index in [1.165, 1.54) is 11.1 Å². The van der Waals surface area contributed by atoms with Crippen LogP contribution in [0.3, 0.4) is 0 Å². The fourth-order valence-corrected chi connectivity index (χ4v) is 4.70. The molecule has 0 saturated heterocycles. The zero-order valence-electron chi connectivity index (χ0n) is 23.7. The minimum Gasteiger partial charge on any atom is -0.463 e. The van der Waals surface area contributed by atoms with Gasteiger partial charge in [-0.05, 0) is 88.6 Å². The number of nitrogens with one attached hydrogen (secondary N) is 2. The van der Waals surface area contributed by atoms with E-state index in [0.717, 1.165) is 47.2 Å². The first kappa shape index (κ1) is 31.0. The molecule has 0 amide bonds. The highest BCUT2D eigenvalue weighted by Crippen LogP contribution is 2.19. The van der Waals surface area contributed by atoms with Gasteiger partial charge < -0.3 is 31.6 Å². The lowest BCUT2D eigenvalue weighted by atomic mass is 10.1. The number of anilines is 4. The summed E-state index contributed by atoms with van der Waals surface area (Å²) in [4.78, 5) is 24.7. The average molecular weight is 680 g/mol. The Balaban J connectivity index is 0.000000175. The molecule has 12 nitrogen and oxygen atoms in total. The zero-order chi connectivity index (χ0) is 30.7. The molecule has 0 saturated carbocycles. The van der Waals surface area contributed by atoms with E-state index < -0.39 is 0 Å². The van der Waals surface area contributed by atoms with Crippen molar-refractivity contribution in [3.8, 4) is 0 Å². The first-order valence-electron chi connectivity index (χ1n) is 14.0. The van der Waals surface area contributed by atoms with Crippen LogP contribution in [0.25, 0.3) is 0 Å². The standard InChI is InChI=1S/C15H16BrN5O.C15H16ClN5O/c16-11-7-18-15(19-8-11)21-12-4-1-10(2-5-12)3-6-13-9-22-14(17)20-13;16-14-18-7-13(8-19-14)20-11-4-1-10(2-5-11)3-6-12-9-22-15(17)21-12/h1-2,4-5,7-8,13H,3,6,9H2,(H2,17,20)(H,18,19,21);1-2,4-5,7-8,12,20H,3,6,9H2,(H2,17,21)/t13-;12-/m00/s1. The van der Waals surface area contributed by atoms with Gasteiger partial charge in [-0.2, -0.15) is 0 Å². The molecule has 2 aliphatic heterocycles. The van der Waals surface area contributed by atoms with Crippen LogP contribution in [0.4, 0.5) is 23.0 Å². The van der Waals surface area contributed by atoms with Gasteiger partial charge in [0.2, 0.25) is 11.2 Å². The highest BCUT2D eigenvalue weighted by molar-refractivity contribution is 9.10. The molecule has 0 fully saturated rings. The van der Waals surface area contributed by atoms with Crippen molar-refractivity contribution in [3.63, 3.8) is 0 Å². The third kappa shape index (κ3) is 9.78. The van der Waals surface area contributed by atoms with Gasteiger partial charge in [0.05, 0.1) is 34.6 Å². The van der Waals surface area contributed by atoms with E-state index in [1.807, 2.05) is 24.3 Å². The number of ether oxygens (including phenoxy) is 2. The second kappa shape index (κ2) is 15.3. The van der Waals surface area contributed by atoms with Crippen LogP contribution < -0.4 is 22.1 Å². The molecule has 14 heteroatoms. The molecule has 44 heavy (non-hydrogen) atoms. The summed E-state index contributed by atoms with van der Waals surface area (Å²) in [6, 6.07) is 17.4. The molecule has 0 spiro atoms. The van der Waals surface area contributed by atoms with Crippen molar-refractivity contribution in [2.75, 3.05) is 23.8 Å². The second-order valence-electron chi connectivity index (χ2n) is 10.1. The Morgan fingerprint density at radius 3 is 1.61 bits per heavy atom. The number of halogens is 2. The van der Waals surface area contributed by atoms with Crippen molar-refractivity contribution in [3.05, 3.63) is 94.2 Å². The SMILES string of the molecule is NC1=N[C@@H](CCc2ccc(Nc3cnc(Cl)nc3)cc2)CO1.NC1=N[C@@H](CCc2ccc(Nc3ncc(Br)cn3)cc2)CO1. The number of rotatable bonds is 10. The van der Waals surface area contributed by atoms with Crippen molar-refractivity contribution in [2.45, 2.75) is 37.8 Å². The Labute approximate surface area is 268 Å². The monoisotopic (exact) mass is 678 g/mol. The molecule has 0 unspecified atom stereocenters. The maximum Gasteiger partial charge on any atom is 0.282 e. The number of aliphatic imine (C=N–C) groups is 2. The molecule has 6 rings (SSSR count). The molecule has 2 aromatic carbocycles. The molecule has 4 aromatic rings. The van der Waals surface area contributed by atoms with Crippen LogP contribution >= 0.6 is 27.5 Å². The number of hydrogen-bond donors (Lipinski definition) is 4. The lowest BCUT2D eigenvalue weighted by Crippen LogP contribution is -2.10. The van der Waals surface area contributed by atoms with E-state index in [0.29, 0.717) is 31.2 Å². The molecule has 2 aliphatic rings. The van der Waals surface area contributed by atoms with Gasteiger partial charge in [-0.25, -0.2) is 29.9 Å². The number of nitrogens with two attached hydrogens (primary N) is 2. The normalized spacial score (nSPS) is 17.0. The summed E-state index contributed by atoms with van der Waals surface area (Å²) in [6.07, 6.45) is 10.5. The maximum atomic E-state index is 5.66. The molecule has 6 N–H and O–H groups in total. The molecule has 0 bridgehead atoms. The van der Waals surface area contributed by atoms with Gasteiger partial charge in [0, 0.05) is 23.8 Å². The summed E-state index contributed by atoms with van der Waals surface area (Å²) >= 11 is 8.97. The van der Waals surface area contributed by atoms with Crippen LogP contribution in [0, 0.1) is 0 Å². The number of aromatic nitrogens is 4. The van der Waals surface area contributed by atoms with Gasteiger partial charge in [0.15, 0.2) is 0 Å². The molecule has 2 aromatic heterocycles. The third-order valence-electron chi connectivity index (χ3n) is 6.69. The summed E-state index contributed by atoms with van der Waals surface area (Å²) < 4.78 is 11.1. The number of nitrogens with zero attached hydrogens (tertiary/aromatic N) is 6. The van der Waals surface area contributed by atoms with E-state index in [9.17, 15) is 0 Å². The lowest BCUT2D eigenvalue weighted by molar-refractivity contribution is 0.308. The van der Waals surface area contributed by atoms with E-state index in [2.05, 4.69) is 80.7 Å². The predicted octanol–water partition coefficient (Wildman–Crippen LogP) is 5.15. The Kier molecular flexibility index (Phi) is 10.8. The van der Waals surface area contributed by atoms with Crippen molar-refractivity contribution in [1.82, 2.24) is 19.9 Å². The number of amidine groups is 2. The third-order valence-corrected chi connectivity index (χ3v) is 7.30. The molecule has 4 heterocycles. The lowest BCUT2D eigenvalue weighted by Gasteiger charge is -2.08. The minimum atomic E-state index is 0.170. The first-order chi connectivity index (χ1) is 21.4. The molecule has 2 atom stereocenters. The largest absolute Gasteiger partial charge is 0.463 e. The summed E-state index contributed by atoms with van der Waals surface area (Å²) in [6.45, 7) is 1.18. The van der Waals surface area contributed by atoms with E-state index >= 15 is 0 Å². The van der Waals surface area contributed by atoms with E-state index in [1.54, 1.807) is 24.8 Å². The van der Waals surface area contributed by atoms with E-state index in [4.69, 9.17) is 32.5 Å². The Morgan fingerprint density at radius 1 is 0.682 bits per heavy atom. The maximum absolute atomic E-state index is 5.66. The van der Waals surface area contributed by atoms with Crippen LogP contribution in [0.15, 0.2) is 87.8 Å². The highest BCUT2D eigenvalue weighted by atomic mass is 79.9. The Morgan fingerprint density at radius 2 is 1.16 bits per heavy atom. The molecule has 0 aliphatic carbocycles. The van der Waals surface area contributed by atoms with E-state index in [-0.39, 0.29) is 17.4 Å². The van der Waals surface area contributed by atoms with Crippen LogP contribution in [0.1, 0.15) is 24.0 Å². The molecule has 0 radical (unpaired) electrons. The van der Waals surface area contributed by atoms with Gasteiger partial charge in [-0.3, -0.25) is 0 Å². The summed E-state index contributed by atoms with van der Waals surface area (Å²) in [5.74, 6) is 0.573. The Bertz CT molecular complexity index is 1430. The second-order valence-corrected chi connectivity index (χ2v) is 11.3. The average Bonchev–Trinajstić information content (AvgIpc) is 3.66. The fraction of sp³-hybridized carbons (Fsp3) is 0.267. The van der Waals surface area contributed by atoms with Crippen molar-refractivity contribution >= 4 is 62.6 Å². The molecular formula is C30H32BrClN10O2. The van der Waals surface area contributed by atoms with Crippen LogP contribution in [0.5, 0.6) is 0 Å². The summed E-state index contributed by atoms with van der Waals surface area (Å²) in [5.41, 5.74) is 16.2. The molecule has 228 valence electrons. The van der Waals surface area contributed by atoms with Crippen molar-refractivity contribution in [2.24, 2.45) is 21.5 Å². The van der Waals surface area contributed by atoms with Crippen LogP contribution in [0.2, 0.25) is 5.28 Å². The van der Waals surface area contributed by atoms with Gasteiger partial charge in [0.1, 0.15) is 13.2 Å². The highest BCUT2D eigenvalue weighted by Gasteiger charge is 2.17. The summed E-state index contributed by atoms with van der Waals surface area (Å²) in [5, 5.41) is 6.62. The van der Waals surface area contributed by atoms with Crippen molar-refractivity contribution in [1.29, 1.82) is 0 Å². The van der Waals surface area contributed by atoms with Gasteiger partial charge in [-0.15, -0.1) is 0 Å². The van der Waals surface area contributed by atoms with Crippen LogP contribution in [-0.4, -0.2) is 57.3 Å². The first-order valence-corrected chi connectivity index (χ1v) is 15.1. The fourth-order valence-electron chi connectivity index (χ4n) is 4.39. The quantitative estimate of drug-likeness (QED) is 0.164. The van der Waals surface area contributed by atoms with Gasteiger partial charge in [-0.1, -0.05) is 24.3 Å². The number of aryl methyl sites for hydroxylation is 2. The zero-order valence-corrected chi connectivity index (χ0v) is 26.1. The smallest absolute Gasteiger partial charge is 0.282 e. The Hall–Kier alpha value is -4.49. The van der Waals surface area contributed by atoms with Crippen molar-refractivity contribution < 1.29 is 9.47 Å². The minimum absolute atomic E-state index is 0.170. The van der Waals surface area contributed by atoms with Gasteiger partial charge in [0.25, 0.3) is 12.0 Å². The topological polar surface area (TPSA) is 171 Å². The number of benzene rings is 2. The van der Waals surface area contributed by atoms with Crippen LogP contribution in [-0.2, 0) is 22.3 Å². The summed E-state index contributed by atoms with van der Waals surface area (Å²) in [7, 11) is 0. The molecular weight excluding hydrogens is 648 g/mol.